The van der Waals surface area contributed by atoms with Crippen LogP contribution in [0.1, 0.15) is 20.8 Å². The molecular weight excluding hydrogens is 315 g/mol. The van der Waals surface area contributed by atoms with Crippen LogP contribution >= 0.6 is 0 Å². The van der Waals surface area contributed by atoms with Gasteiger partial charge in [-0.25, -0.2) is 14.2 Å². The van der Waals surface area contributed by atoms with Crippen molar-refractivity contribution in [1.29, 1.82) is 0 Å². The number of carbonyl (C=O) groups excluding carboxylic acids is 2. The molecule has 0 fully saturated rings. The first-order valence-corrected chi connectivity index (χ1v) is 7.39. The minimum Gasteiger partial charge on any atom is -0.489 e. The molecule has 1 N–H and O–H groups in total. The predicted octanol–water partition coefficient (Wildman–Crippen LogP) is 1.38. The number of hydrogen-bond acceptors (Lipinski definition) is 4. The average Bonchev–Trinajstić information content (AvgIpc) is 2.84. The van der Waals surface area contributed by atoms with Gasteiger partial charge in [-0.3, -0.25) is 4.79 Å². The second-order valence-corrected chi connectivity index (χ2v) is 6.23. The third-order valence-corrected chi connectivity index (χ3v) is 2.95. The van der Waals surface area contributed by atoms with E-state index in [1.165, 1.54) is 6.08 Å². The summed E-state index contributed by atoms with van der Waals surface area (Å²) in [5.41, 5.74) is -0.380. The summed E-state index contributed by atoms with van der Waals surface area (Å²) in [5, 5.41) is 3.70. The summed E-state index contributed by atoms with van der Waals surface area (Å²) >= 11 is 0. The van der Waals surface area contributed by atoms with E-state index < -0.39 is 11.7 Å². The van der Waals surface area contributed by atoms with Crippen LogP contribution < -0.4 is 20.6 Å². The van der Waals surface area contributed by atoms with Gasteiger partial charge in [0, 0.05) is 23.4 Å². The number of nitrogens with one attached hydrogen (secondary N) is 1. The predicted molar refractivity (Wildman–Crippen MR) is 85.6 cm³/mol. The first-order chi connectivity index (χ1) is 11.3. The molecule has 1 aliphatic heterocycles. The number of carbonyl (C=O) groups is 2. The Morgan fingerprint density at radius 3 is 2.79 bits per heavy atom. The molecule has 1 heterocycles. The van der Waals surface area contributed by atoms with E-state index in [2.05, 4.69) is 10.3 Å². The Kier molecular flexibility index (Phi) is 5.33. The van der Waals surface area contributed by atoms with Gasteiger partial charge in [-0.15, -0.1) is 0 Å². The van der Waals surface area contributed by atoms with Gasteiger partial charge in [-0.05, 0) is 39.0 Å². The summed E-state index contributed by atoms with van der Waals surface area (Å²) in [6, 6.07) is 4.96. The molecule has 6 nitrogen and oxygen atoms in total. The van der Waals surface area contributed by atoms with Crippen molar-refractivity contribution in [2.24, 2.45) is 4.99 Å². The number of nitrogens with zero attached hydrogens (tertiary/aromatic N) is 1. The molecule has 0 saturated carbocycles. The number of halogens is 1. The van der Waals surface area contributed by atoms with Crippen molar-refractivity contribution in [3.8, 4) is 5.75 Å². The average molecular weight is 334 g/mol. The molecule has 24 heavy (non-hydrogen) atoms. The normalized spacial score (nSPS) is 13.7. The molecule has 0 unspecified atom stereocenters. The van der Waals surface area contributed by atoms with Crippen LogP contribution in [0.15, 0.2) is 35.1 Å². The summed E-state index contributed by atoms with van der Waals surface area (Å²) < 4.78 is 23.5. The molecule has 128 valence electrons. The molecule has 0 radical (unpaired) electrons. The van der Waals surface area contributed by atoms with E-state index in [0.29, 0.717) is 22.7 Å². The number of hydrogen-bond donors (Lipinski definition) is 1. The maximum atomic E-state index is 12.9. The quantitative estimate of drug-likeness (QED) is 0.883. The van der Waals surface area contributed by atoms with Crippen molar-refractivity contribution in [3.05, 3.63) is 40.7 Å². The van der Waals surface area contributed by atoms with Crippen molar-refractivity contribution in [2.75, 3.05) is 13.2 Å². The lowest BCUT2D eigenvalue weighted by atomic mass is 10.2. The van der Waals surface area contributed by atoms with Crippen LogP contribution in [-0.4, -0.2) is 30.8 Å². The highest BCUT2D eigenvalue weighted by molar-refractivity contribution is 6.06. The minimum absolute atomic E-state index is 0.0315. The summed E-state index contributed by atoms with van der Waals surface area (Å²) in [6.07, 6.45) is 1.16. The van der Waals surface area contributed by atoms with Crippen LogP contribution in [0.25, 0.3) is 6.08 Å². The Morgan fingerprint density at radius 2 is 2.12 bits per heavy atom. The van der Waals surface area contributed by atoms with Crippen LogP contribution in [0.5, 0.6) is 5.75 Å². The maximum absolute atomic E-state index is 12.9. The van der Waals surface area contributed by atoms with Crippen molar-refractivity contribution < 1.29 is 23.5 Å². The molecule has 0 bridgehead atoms. The first kappa shape index (κ1) is 17.7. The lowest BCUT2D eigenvalue weighted by Crippen LogP contribution is -2.34. The van der Waals surface area contributed by atoms with E-state index in [9.17, 15) is 14.0 Å². The van der Waals surface area contributed by atoms with Gasteiger partial charge < -0.3 is 14.8 Å². The van der Waals surface area contributed by atoms with Crippen LogP contribution in [0, 0.1) is 0 Å². The Labute approximate surface area is 138 Å². The Bertz CT molecular complexity index is 794. The molecular formula is C17H19FN2O4. The van der Waals surface area contributed by atoms with Gasteiger partial charge in [-0.2, -0.15) is 0 Å². The van der Waals surface area contributed by atoms with Crippen LogP contribution in [0.4, 0.5) is 9.18 Å². The third kappa shape index (κ3) is 5.19. The Balaban J connectivity index is 1.88. The summed E-state index contributed by atoms with van der Waals surface area (Å²) in [4.78, 5) is 26.5. The van der Waals surface area contributed by atoms with E-state index in [4.69, 9.17) is 9.47 Å². The SMILES string of the molecule is CC(C)(C)OC(=O)NC/C(=C/F)COc1ccc2c(c1)=CC(=O)N=2. The molecule has 7 heteroatoms. The van der Waals surface area contributed by atoms with E-state index in [1.807, 2.05) is 0 Å². The molecule has 0 saturated heterocycles. The number of alkyl carbamates (subject to hydrolysis) is 1. The van der Waals surface area contributed by atoms with Gasteiger partial charge in [0.15, 0.2) is 0 Å². The smallest absolute Gasteiger partial charge is 0.407 e. The van der Waals surface area contributed by atoms with Crippen LogP contribution in [-0.2, 0) is 9.53 Å². The standard InChI is InChI=1S/C17H19FN2O4/c1-17(2,3)24-16(22)19-9-11(8-18)10-23-13-4-5-14-12(6-13)7-15(21)20-14/h4-8H,9-10H2,1-3H3,(H,19,22)/b11-8-. The molecule has 1 aromatic rings. The molecule has 1 aliphatic rings. The largest absolute Gasteiger partial charge is 0.489 e. The molecule has 2 amide bonds. The van der Waals surface area contributed by atoms with E-state index in [0.717, 1.165) is 0 Å². The zero-order valence-electron chi connectivity index (χ0n) is 13.8. The lowest BCUT2D eigenvalue weighted by Gasteiger charge is -2.20. The van der Waals surface area contributed by atoms with Gasteiger partial charge in [0.1, 0.15) is 18.0 Å². The van der Waals surface area contributed by atoms with Crippen molar-refractivity contribution >= 4 is 18.1 Å². The molecule has 0 aromatic heterocycles. The molecule has 0 aliphatic carbocycles. The number of fused-ring (bicyclic) bond motifs is 1. The van der Waals surface area contributed by atoms with Gasteiger partial charge in [-0.1, -0.05) is 0 Å². The highest BCUT2D eigenvalue weighted by atomic mass is 19.1. The van der Waals surface area contributed by atoms with Crippen LogP contribution in [0.3, 0.4) is 0 Å². The number of amides is 2. The Morgan fingerprint density at radius 1 is 1.38 bits per heavy atom. The van der Waals surface area contributed by atoms with E-state index in [-0.39, 0.29) is 24.6 Å². The first-order valence-electron chi connectivity index (χ1n) is 7.39. The number of rotatable bonds is 5. The highest BCUT2D eigenvalue weighted by Crippen LogP contribution is 2.09. The summed E-state index contributed by atoms with van der Waals surface area (Å²) in [6.45, 7) is 5.14. The molecule has 1 aromatic carbocycles. The number of ether oxygens (including phenoxy) is 2. The van der Waals surface area contributed by atoms with E-state index >= 15 is 0 Å². The van der Waals surface area contributed by atoms with Crippen molar-refractivity contribution in [3.63, 3.8) is 0 Å². The molecule has 2 rings (SSSR count). The van der Waals surface area contributed by atoms with Gasteiger partial charge in [0.05, 0.1) is 11.7 Å². The molecule has 0 spiro atoms. The number of benzene rings is 1. The second-order valence-electron chi connectivity index (χ2n) is 6.23. The van der Waals surface area contributed by atoms with Gasteiger partial charge in [0.25, 0.3) is 5.91 Å². The fraction of sp³-hybridized carbons (Fsp3) is 0.353. The van der Waals surface area contributed by atoms with Crippen LogP contribution in [0.2, 0.25) is 0 Å². The maximum Gasteiger partial charge on any atom is 0.407 e. The highest BCUT2D eigenvalue weighted by Gasteiger charge is 2.16. The fourth-order valence-electron chi connectivity index (χ4n) is 1.92. The molecule has 0 atom stereocenters. The van der Waals surface area contributed by atoms with Crippen molar-refractivity contribution in [1.82, 2.24) is 5.32 Å². The lowest BCUT2D eigenvalue weighted by molar-refractivity contribution is -0.112. The van der Waals surface area contributed by atoms with E-state index in [1.54, 1.807) is 39.0 Å². The zero-order chi connectivity index (χ0) is 17.7. The minimum atomic E-state index is -0.630. The third-order valence-electron chi connectivity index (χ3n) is 2.95. The second kappa shape index (κ2) is 7.25. The fourth-order valence-corrected chi connectivity index (χ4v) is 1.92. The Hall–Kier alpha value is -2.70. The van der Waals surface area contributed by atoms with Gasteiger partial charge in [0.2, 0.25) is 0 Å². The summed E-state index contributed by atoms with van der Waals surface area (Å²) in [7, 11) is 0. The monoisotopic (exact) mass is 334 g/mol. The summed E-state index contributed by atoms with van der Waals surface area (Å²) in [5.74, 6) is 0.166. The van der Waals surface area contributed by atoms with Crippen molar-refractivity contribution in [2.45, 2.75) is 26.4 Å². The zero-order valence-corrected chi connectivity index (χ0v) is 13.8. The van der Waals surface area contributed by atoms with Gasteiger partial charge >= 0.3 is 6.09 Å². The topological polar surface area (TPSA) is 77.0 Å².